The van der Waals surface area contributed by atoms with Crippen LogP contribution in [0.15, 0.2) is 78.9 Å². The molecule has 1 atom stereocenters. The molecule has 0 saturated carbocycles. The second-order valence-electron chi connectivity index (χ2n) is 6.75. The van der Waals surface area contributed by atoms with Crippen molar-refractivity contribution < 1.29 is 9.53 Å². The third-order valence-electron chi connectivity index (χ3n) is 4.61. The summed E-state index contributed by atoms with van der Waals surface area (Å²) in [5.41, 5.74) is 7.51. The molecule has 0 aliphatic rings. The average molecular weight is 359 g/mol. The van der Waals surface area contributed by atoms with E-state index in [9.17, 15) is 4.79 Å². The zero-order valence-electron chi connectivity index (χ0n) is 15.6. The van der Waals surface area contributed by atoms with E-state index in [1.165, 1.54) is 10.8 Å². The highest BCUT2D eigenvalue weighted by Gasteiger charge is 2.34. The first kappa shape index (κ1) is 18.9. The Labute approximate surface area is 160 Å². The summed E-state index contributed by atoms with van der Waals surface area (Å²) in [6.07, 6.45) is 4.82. The van der Waals surface area contributed by atoms with Crippen LogP contribution in [-0.4, -0.2) is 18.1 Å². The lowest BCUT2D eigenvalue weighted by Crippen LogP contribution is -2.50. The van der Waals surface area contributed by atoms with Crippen LogP contribution in [0.4, 0.5) is 0 Å². The standard InChI is InChI=1S/C24H25NO2/c1-2-27-23(26)24(25,18-20-9-4-3-5-10-20)16-8-11-19-14-15-21-12-6-7-13-22(21)17-19/h3-15,17H,2,16,18,25H2,1H3/b11-8+/t24-/m0/s1. The summed E-state index contributed by atoms with van der Waals surface area (Å²) < 4.78 is 5.24. The largest absolute Gasteiger partial charge is 0.465 e. The number of hydrogen-bond donors (Lipinski definition) is 1. The molecule has 3 aromatic carbocycles. The van der Waals surface area contributed by atoms with Crippen molar-refractivity contribution in [3.05, 3.63) is 90.0 Å². The van der Waals surface area contributed by atoms with Gasteiger partial charge in [-0.15, -0.1) is 0 Å². The number of benzene rings is 3. The minimum absolute atomic E-state index is 0.320. The number of carbonyl (C=O) groups is 1. The van der Waals surface area contributed by atoms with Crippen molar-refractivity contribution >= 4 is 22.8 Å². The molecule has 0 aliphatic carbocycles. The van der Waals surface area contributed by atoms with Gasteiger partial charge in [-0.05, 0) is 41.3 Å². The van der Waals surface area contributed by atoms with Gasteiger partial charge < -0.3 is 10.5 Å². The van der Waals surface area contributed by atoms with E-state index in [1.807, 2.05) is 54.6 Å². The summed E-state index contributed by atoms with van der Waals surface area (Å²) >= 11 is 0. The Balaban J connectivity index is 1.78. The smallest absolute Gasteiger partial charge is 0.326 e. The van der Waals surface area contributed by atoms with Crippen LogP contribution >= 0.6 is 0 Å². The molecule has 0 saturated heterocycles. The third-order valence-corrected chi connectivity index (χ3v) is 4.61. The minimum Gasteiger partial charge on any atom is -0.465 e. The molecule has 0 aliphatic heterocycles. The fraction of sp³-hybridized carbons (Fsp3) is 0.208. The Morgan fingerprint density at radius 2 is 1.70 bits per heavy atom. The molecule has 0 spiro atoms. The second kappa shape index (κ2) is 8.65. The fourth-order valence-corrected chi connectivity index (χ4v) is 3.18. The van der Waals surface area contributed by atoms with Gasteiger partial charge in [0.2, 0.25) is 0 Å². The summed E-state index contributed by atoms with van der Waals surface area (Å²) in [7, 11) is 0. The molecule has 3 nitrogen and oxygen atoms in total. The number of fused-ring (bicyclic) bond motifs is 1. The Morgan fingerprint density at radius 3 is 2.44 bits per heavy atom. The summed E-state index contributed by atoms with van der Waals surface area (Å²) in [4.78, 5) is 12.5. The Morgan fingerprint density at radius 1 is 1.00 bits per heavy atom. The van der Waals surface area contributed by atoms with Crippen LogP contribution in [0.25, 0.3) is 16.8 Å². The van der Waals surface area contributed by atoms with Crippen LogP contribution in [0, 0.1) is 0 Å². The van der Waals surface area contributed by atoms with Crippen LogP contribution in [0.1, 0.15) is 24.5 Å². The van der Waals surface area contributed by atoms with E-state index in [4.69, 9.17) is 10.5 Å². The van der Waals surface area contributed by atoms with Crippen molar-refractivity contribution in [1.29, 1.82) is 0 Å². The maximum Gasteiger partial charge on any atom is 0.326 e. The van der Waals surface area contributed by atoms with Crippen LogP contribution in [0.3, 0.4) is 0 Å². The number of hydrogen-bond acceptors (Lipinski definition) is 3. The fourth-order valence-electron chi connectivity index (χ4n) is 3.18. The van der Waals surface area contributed by atoms with Gasteiger partial charge in [-0.2, -0.15) is 0 Å². The van der Waals surface area contributed by atoms with E-state index >= 15 is 0 Å². The number of carbonyl (C=O) groups excluding carboxylic acids is 1. The van der Waals surface area contributed by atoms with Crippen LogP contribution in [0.5, 0.6) is 0 Å². The molecule has 0 fully saturated rings. The summed E-state index contributed by atoms with van der Waals surface area (Å²) in [6, 6.07) is 24.3. The Kier molecular flexibility index (Phi) is 6.05. The minimum atomic E-state index is -1.08. The van der Waals surface area contributed by atoms with Crippen LogP contribution in [-0.2, 0) is 16.0 Å². The van der Waals surface area contributed by atoms with E-state index in [0.717, 1.165) is 11.1 Å². The summed E-state index contributed by atoms with van der Waals surface area (Å²) in [5, 5.41) is 2.40. The van der Waals surface area contributed by atoms with Crippen molar-refractivity contribution in [1.82, 2.24) is 0 Å². The first-order valence-corrected chi connectivity index (χ1v) is 9.26. The van der Waals surface area contributed by atoms with Gasteiger partial charge in [-0.25, -0.2) is 0 Å². The van der Waals surface area contributed by atoms with Gasteiger partial charge in [0.15, 0.2) is 0 Å². The van der Waals surface area contributed by atoms with Gasteiger partial charge in [-0.3, -0.25) is 4.79 Å². The number of ether oxygens (including phenoxy) is 1. The van der Waals surface area contributed by atoms with E-state index in [2.05, 4.69) is 30.3 Å². The quantitative estimate of drug-likeness (QED) is 0.620. The molecule has 138 valence electrons. The summed E-state index contributed by atoms with van der Waals surface area (Å²) in [5.74, 6) is -0.364. The van der Waals surface area contributed by atoms with Crippen LogP contribution in [0.2, 0.25) is 0 Å². The van der Waals surface area contributed by atoms with Gasteiger partial charge in [0.1, 0.15) is 5.54 Å². The van der Waals surface area contributed by atoms with Gasteiger partial charge in [0, 0.05) is 6.42 Å². The maximum absolute atomic E-state index is 12.5. The average Bonchev–Trinajstić information content (AvgIpc) is 2.69. The molecule has 0 aromatic heterocycles. The monoisotopic (exact) mass is 359 g/mol. The number of esters is 1. The van der Waals surface area contributed by atoms with Crippen molar-refractivity contribution in [3.8, 4) is 0 Å². The molecule has 0 radical (unpaired) electrons. The third kappa shape index (κ3) is 4.83. The van der Waals surface area contributed by atoms with E-state index < -0.39 is 5.54 Å². The molecule has 3 rings (SSSR count). The Hall–Kier alpha value is -2.91. The second-order valence-corrected chi connectivity index (χ2v) is 6.75. The molecule has 3 aromatic rings. The van der Waals surface area contributed by atoms with Gasteiger partial charge in [-0.1, -0.05) is 78.9 Å². The molecular weight excluding hydrogens is 334 g/mol. The van der Waals surface area contributed by atoms with Crippen molar-refractivity contribution in [2.45, 2.75) is 25.3 Å². The lowest BCUT2D eigenvalue weighted by molar-refractivity contribution is -0.149. The summed E-state index contributed by atoms with van der Waals surface area (Å²) in [6.45, 7) is 2.12. The highest BCUT2D eigenvalue weighted by atomic mass is 16.5. The first-order valence-electron chi connectivity index (χ1n) is 9.26. The predicted octanol–water partition coefficient (Wildman–Crippen LogP) is 4.75. The highest BCUT2D eigenvalue weighted by molar-refractivity contribution is 5.85. The molecular formula is C24H25NO2. The molecule has 0 heterocycles. The molecule has 0 amide bonds. The molecule has 2 N–H and O–H groups in total. The topological polar surface area (TPSA) is 52.3 Å². The first-order chi connectivity index (χ1) is 13.1. The van der Waals surface area contributed by atoms with E-state index in [0.29, 0.717) is 19.4 Å². The van der Waals surface area contributed by atoms with Gasteiger partial charge in [0.25, 0.3) is 0 Å². The van der Waals surface area contributed by atoms with Gasteiger partial charge >= 0.3 is 5.97 Å². The zero-order valence-corrected chi connectivity index (χ0v) is 15.6. The lowest BCUT2D eigenvalue weighted by Gasteiger charge is -2.26. The normalized spacial score (nSPS) is 13.6. The lowest BCUT2D eigenvalue weighted by atomic mass is 9.88. The molecule has 3 heteroatoms. The molecule has 27 heavy (non-hydrogen) atoms. The number of rotatable bonds is 7. The predicted molar refractivity (Wildman–Crippen MR) is 111 cm³/mol. The van der Waals surface area contributed by atoms with Crippen LogP contribution < -0.4 is 5.73 Å². The van der Waals surface area contributed by atoms with E-state index in [-0.39, 0.29) is 5.97 Å². The van der Waals surface area contributed by atoms with E-state index in [1.54, 1.807) is 6.92 Å². The zero-order chi connectivity index (χ0) is 19.1. The van der Waals surface area contributed by atoms with Gasteiger partial charge in [0.05, 0.1) is 6.61 Å². The highest BCUT2D eigenvalue weighted by Crippen LogP contribution is 2.20. The molecule has 0 unspecified atom stereocenters. The van der Waals surface area contributed by atoms with Crippen molar-refractivity contribution in [2.24, 2.45) is 5.73 Å². The van der Waals surface area contributed by atoms with Crippen molar-refractivity contribution in [2.75, 3.05) is 6.61 Å². The Bertz CT molecular complexity index is 933. The maximum atomic E-state index is 12.5. The SMILES string of the molecule is CCOC(=O)[C@](N)(C/C=C/c1ccc2ccccc2c1)Cc1ccccc1. The number of nitrogens with two attached hydrogens (primary N) is 1. The molecule has 0 bridgehead atoms. The van der Waals surface area contributed by atoms with Crippen molar-refractivity contribution in [3.63, 3.8) is 0 Å².